The van der Waals surface area contributed by atoms with Gasteiger partial charge in [-0.05, 0) is 18.8 Å². The van der Waals surface area contributed by atoms with E-state index in [-0.39, 0.29) is 30.9 Å². The van der Waals surface area contributed by atoms with Crippen LogP contribution in [-0.2, 0) is 9.59 Å². The molecule has 0 radical (unpaired) electrons. The third-order valence-corrected chi connectivity index (χ3v) is 3.91. The van der Waals surface area contributed by atoms with Crippen LogP contribution in [0, 0.1) is 5.92 Å². The van der Waals surface area contributed by atoms with E-state index in [1.807, 2.05) is 0 Å². The van der Waals surface area contributed by atoms with E-state index in [0.717, 1.165) is 12.8 Å². The predicted octanol–water partition coefficient (Wildman–Crippen LogP) is -0.195. The fourth-order valence-electron chi connectivity index (χ4n) is 2.72. The molecule has 96 valence electrons. The summed E-state index contributed by atoms with van der Waals surface area (Å²) in [5, 5.41) is 0. The molecule has 5 nitrogen and oxygen atoms in total. The minimum atomic E-state index is 0.00298. The van der Waals surface area contributed by atoms with Crippen molar-refractivity contribution in [2.45, 2.75) is 31.7 Å². The SMILES string of the molecule is CN1CC(=O)N(CC(N)C2CCCC2)CC1=O. The van der Waals surface area contributed by atoms with Crippen LogP contribution < -0.4 is 5.73 Å². The molecule has 0 spiro atoms. The van der Waals surface area contributed by atoms with Gasteiger partial charge in [0, 0.05) is 19.6 Å². The van der Waals surface area contributed by atoms with E-state index in [9.17, 15) is 9.59 Å². The van der Waals surface area contributed by atoms with Gasteiger partial charge in [0.2, 0.25) is 11.8 Å². The highest BCUT2D eigenvalue weighted by atomic mass is 16.2. The van der Waals surface area contributed by atoms with Gasteiger partial charge in [-0.1, -0.05) is 12.8 Å². The van der Waals surface area contributed by atoms with Crippen LogP contribution in [0.1, 0.15) is 25.7 Å². The summed E-state index contributed by atoms with van der Waals surface area (Å²) >= 11 is 0. The zero-order chi connectivity index (χ0) is 12.4. The van der Waals surface area contributed by atoms with E-state index in [4.69, 9.17) is 5.73 Å². The number of hydrogen-bond acceptors (Lipinski definition) is 3. The molecular weight excluding hydrogens is 218 g/mol. The molecule has 0 aromatic carbocycles. The highest BCUT2D eigenvalue weighted by Crippen LogP contribution is 2.27. The van der Waals surface area contributed by atoms with Gasteiger partial charge in [0.05, 0.1) is 13.1 Å². The molecule has 1 aliphatic carbocycles. The van der Waals surface area contributed by atoms with Gasteiger partial charge in [0.15, 0.2) is 0 Å². The second-order valence-electron chi connectivity index (χ2n) is 5.23. The summed E-state index contributed by atoms with van der Waals surface area (Å²) in [5.41, 5.74) is 6.13. The van der Waals surface area contributed by atoms with Crippen LogP contribution in [0.15, 0.2) is 0 Å². The van der Waals surface area contributed by atoms with Gasteiger partial charge >= 0.3 is 0 Å². The number of nitrogens with zero attached hydrogens (tertiary/aromatic N) is 2. The van der Waals surface area contributed by atoms with Gasteiger partial charge in [-0.15, -0.1) is 0 Å². The minimum absolute atomic E-state index is 0.00298. The van der Waals surface area contributed by atoms with Crippen LogP contribution in [-0.4, -0.2) is 54.3 Å². The fraction of sp³-hybridized carbons (Fsp3) is 0.833. The van der Waals surface area contributed by atoms with E-state index in [1.165, 1.54) is 17.7 Å². The highest BCUT2D eigenvalue weighted by molar-refractivity contribution is 5.92. The molecule has 1 aliphatic heterocycles. The maximum absolute atomic E-state index is 11.8. The van der Waals surface area contributed by atoms with Crippen LogP contribution in [0.3, 0.4) is 0 Å². The number of hydrogen-bond donors (Lipinski definition) is 1. The molecule has 2 amide bonds. The fourth-order valence-corrected chi connectivity index (χ4v) is 2.72. The molecule has 0 bridgehead atoms. The predicted molar refractivity (Wildman–Crippen MR) is 64.2 cm³/mol. The van der Waals surface area contributed by atoms with Gasteiger partial charge in [-0.2, -0.15) is 0 Å². The molecule has 2 aliphatic rings. The lowest BCUT2D eigenvalue weighted by Gasteiger charge is -2.34. The first-order valence-corrected chi connectivity index (χ1v) is 6.35. The smallest absolute Gasteiger partial charge is 0.242 e. The summed E-state index contributed by atoms with van der Waals surface area (Å²) in [6.45, 7) is 0.912. The van der Waals surface area contributed by atoms with Gasteiger partial charge in [0.1, 0.15) is 0 Å². The third kappa shape index (κ3) is 2.77. The van der Waals surface area contributed by atoms with Gasteiger partial charge in [-0.3, -0.25) is 9.59 Å². The second-order valence-corrected chi connectivity index (χ2v) is 5.23. The van der Waals surface area contributed by atoms with Crippen molar-refractivity contribution >= 4 is 11.8 Å². The Labute approximate surface area is 102 Å². The standard InChI is InChI=1S/C12H21N3O2/c1-14-7-12(17)15(8-11(14)16)6-10(13)9-4-2-3-5-9/h9-10H,2-8,13H2,1H3. The maximum Gasteiger partial charge on any atom is 0.242 e. The molecule has 2 N–H and O–H groups in total. The van der Waals surface area contributed by atoms with Gasteiger partial charge in [-0.25, -0.2) is 0 Å². The first-order valence-electron chi connectivity index (χ1n) is 6.35. The van der Waals surface area contributed by atoms with E-state index in [1.54, 1.807) is 11.9 Å². The first kappa shape index (κ1) is 12.4. The van der Waals surface area contributed by atoms with E-state index < -0.39 is 0 Å². The Morgan fingerprint density at radius 1 is 1.24 bits per heavy atom. The van der Waals surface area contributed by atoms with Crippen LogP contribution in [0.4, 0.5) is 0 Å². The molecular formula is C12H21N3O2. The number of carbonyl (C=O) groups excluding carboxylic acids is 2. The number of likely N-dealkylation sites (N-methyl/N-ethyl adjacent to an activating group) is 1. The largest absolute Gasteiger partial charge is 0.335 e. The summed E-state index contributed by atoms with van der Waals surface area (Å²) in [6, 6.07) is 0.0256. The van der Waals surface area contributed by atoms with Crippen molar-refractivity contribution in [3.63, 3.8) is 0 Å². The molecule has 17 heavy (non-hydrogen) atoms. The number of nitrogens with two attached hydrogens (primary N) is 1. The lowest BCUT2D eigenvalue weighted by molar-refractivity contribution is -0.149. The summed E-state index contributed by atoms with van der Waals surface area (Å²) in [6.07, 6.45) is 4.82. The first-order chi connectivity index (χ1) is 8.08. The normalized spacial score (nSPS) is 24.6. The van der Waals surface area contributed by atoms with Crippen LogP contribution >= 0.6 is 0 Å². The van der Waals surface area contributed by atoms with Crippen molar-refractivity contribution < 1.29 is 9.59 Å². The van der Waals surface area contributed by atoms with Crippen molar-refractivity contribution in [2.24, 2.45) is 11.7 Å². The Kier molecular flexibility index (Phi) is 3.66. The number of piperazine rings is 1. The number of rotatable bonds is 3. The maximum atomic E-state index is 11.8. The summed E-state index contributed by atoms with van der Waals surface area (Å²) in [7, 11) is 1.66. The van der Waals surface area contributed by atoms with Crippen molar-refractivity contribution in [3.05, 3.63) is 0 Å². The Balaban J connectivity index is 1.89. The summed E-state index contributed by atoms with van der Waals surface area (Å²) in [5.74, 6) is 0.543. The zero-order valence-corrected chi connectivity index (χ0v) is 10.4. The molecule has 1 heterocycles. The lowest BCUT2D eigenvalue weighted by atomic mass is 9.98. The number of amides is 2. The Morgan fingerprint density at radius 2 is 1.88 bits per heavy atom. The molecule has 2 fully saturated rings. The summed E-state index contributed by atoms with van der Waals surface area (Å²) in [4.78, 5) is 26.4. The van der Waals surface area contributed by atoms with Gasteiger partial charge in [0.25, 0.3) is 0 Å². The molecule has 0 aromatic rings. The van der Waals surface area contributed by atoms with Crippen LogP contribution in [0.2, 0.25) is 0 Å². The van der Waals surface area contributed by atoms with E-state index in [2.05, 4.69) is 0 Å². The zero-order valence-electron chi connectivity index (χ0n) is 10.4. The van der Waals surface area contributed by atoms with Crippen LogP contribution in [0.25, 0.3) is 0 Å². The molecule has 1 saturated heterocycles. The third-order valence-electron chi connectivity index (χ3n) is 3.91. The van der Waals surface area contributed by atoms with Gasteiger partial charge < -0.3 is 15.5 Å². The quantitative estimate of drug-likeness (QED) is 0.742. The second kappa shape index (κ2) is 5.04. The molecule has 1 atom stereocenters. The monoisotopic (exact) mass is 239 g/mol. The van der Waals surface area contributed by atoms with E-state index >= 15 is 0 Å². The molecule has 2 rings (SSSR count). The number of carbonyl (C=O) groups is 2. The Bertz CT molecular complexity index is 313. The average molecular weight is 239 g/mol. The molecule has 0 aromatic heterocycles. The summed E-state index contributed by atoms with van der Waals surface area (Å²) < 4.78 is 0. The van der Waals surface area contributed by atoms with Crippen molar-refractivity contribution in [2.75, 3.05) is 26.7 Å². The van der Waals surface area contributed by atoms with Crippen LogP contribution in [0.5, 0.6) is 0 Å². The molecule has 1 saturated carbocycles. The van der Waals surface area contributed by atoms with E-state index in [0.29, 0.717) is 12.5 Å². The lowest BCUT2D eigenvalue weighted by Crippen LogP contribution is -2.55. The minimum Gasteiger partial charge on any atom is -0.335 e. The molecule has 5 heteroatoms. The van der Waals surface area contributed by atoms with Crippen molar-refractivity contribution in [1.29, 1.82) is 0 Å². The topological polar surface area (TPSA) is 66.6 Å². The Morgan fingerprint density at radius 3 is 2.53 bits per heavy atom. The molecule has 1 unspecified atom stereocenters. The average Bonchev–Trinajstić information content (AvgIpc) is 2.79. The highest BCUT2D eigenvalue weighted by Gasteiger charge is 2.31. The Hall–Kier alpha value is -1.10. The van der Waals surface area contributed by atoms with Crippen molar-refractivity contribution in [1.82, 2.24) is 9.80 Å². The van der Waals surface area contributed by atoms with Crippen molar-refractivity contribution in [3.8, 4) is 0 Å².